The van der Waals surface area contributed by atoms with E-state index in [1.165, 1.54) is 57.2 Å². The molecule has 0 radical (unpaired) electrons. The number of benzene rings is 1. The second-order valence-electron chi connectivity index (χ2n) is 10.0. The van der Waals surface area contributed by atoms with Crippen molar-refractivity contribution < 1.29 is 9.59 Å². The minimum absolute atomic E-state index is 0.187. The number of hydrogen-bond acceptors (Lipinski definition) is 5. The summed E-state index contributed by atoms with van der Waals surface area (Å²) >= 11 is 0. The predicted octanol–water partition coefficient (Wildman–Crippen LogP) is 2.79. The van der Waals surface area contributed by atoms with Gasteiger partial charge in [-0.1, -0.05) is 12.1 Å². The maximum Gasteiger partial charge on any atom is 0.235 e. The van der Waals surface area contributed by atoms with Crippen molar-refractivity contribution >= 4 is 22.7 Å². The van der Waals surface area contributed by atoms with Gasteiger partial charge >= 0.3 is 0 Å². The number of likely N-dealkylation sites (tertiary alicyclic amines) is 1. The molecule has 3 fully saturated rings. The zero-order valence-electron chi connectivity index (χ0n) is 19.1. The number of amides is 2. The van der Waals surface area contributed by atoms with E-state index in [9.17, 15) is 9.59 Å². The number of aryl methyl sites for hydroxylation is 1. The van der Waals surface area contributed by atoms with Crippen molar-refractivity contribution in [2.45, 2.75) is 69.2 Å². The van der Waals surface area contributed by atoms with E-state index in [1.807, 2.05) is 11.7 Å². The summed E-state index contributed by atoms with van der Waals surface area (Å²) < 4.78 is 1.89. The minimum atomic E-state index is -0.347. The van der Waals surface area contributed by atoms with E-state index in [2.05, 4.69) is 33.5 Å². The molecule has 2 saturated heterocycles. The summed E-state index contributed by atoms with van der Waals surface area (Å²) in [6.07, 6.45) is 8.47. The SMILES string of the molecule is Cn1nc(C2CCC(=O)NC2=O)c2ccc(C3CCN([C@H]4CC[C@H](CN)CC4)CC3)cc21. The van der Waals surface area contributed by atoms with Crippen LogP contribution in [0.1, 0.15) is 74.5 Å². The number of nitrogens with one attached hydrogen (secondary N) is 1. The van der Waals surface area contributed by atoms with Crippen molar-refractivity contribution in [1.29, 1.82) is 0 Å². The Hall–Kier alpha value is -2.25. The van der Waals surface area contributed by atoms with Crippen LogP contribution in [0.15, 0.2) is 18.2 Å². The van der Waals surface area contributed by atoms with Crippen LogP contribution in [0.5, 0.6) is 0 Å². The second kappa shape index (κ2) is 8.94. The lowest BCUT2D eigenvalue weighted by atomic mass is 9.83. The van der Waals surface area contributed by atoms with Gasteiger partial charge in [0.05, 0.1) is 17.1 Å². The molecule has 172 valence electrons. The number of nitrogens with two attached hydrogens (primary N) is 1. The average molecular weight is 438 g/mol. The predicted molar refractivity (Wildman–Crippen MR) is 124 cm³/mol. The standard InChI is InChI=1S/C25H35N5O2/c1-29-22-14-18(4-7-20(22)24(28-29)21-8-9-23(31)27-25(21)32)17-10-12-30(13-11-17)19-5-2-16(15-26)3-6-19/h4,7,14,16-17,19,21H,2-3,5-6,8-13,15,26H2,1H3,(H,27,31,32)/t16-,19-,21?. The molecule has 7 nitrogen and oxygen atoms in total. The minimum Gasteiger partial charge on any atom is -0.330 e. The summed E-state index contributed by atoms with van der Waals surface area (Å²) in [7, 11) is 1.95. The topological polar surface area (TPSA) is 93.2 Å². The molecule has 2 aromatic rings. The molecular formula is C25H35N5O2. The first kappa shape index (κ1) is 21.6. The number of nitrogens with zero attached hydrogens (tertiary/aromatic N) is 3. The average Bonchev–Trinajstić information content (AvgIpc) is 3.15. The summed E-state index contributed by atoms with van der Waals surface area (Å²) in [5.74, 6) is 0.551. The number of fused-ring (bicyclic) bond motifs is 1. The van der Waals surface area contributed by atoms with Crippen molar-refractivity contribution in [3.05, 3.63) is 29.5 Å². The van der Waals surface area contributed by atoms with E-state index in [0.29, 0.717) is 18.8 Å². The first-order chi connectivity index (χ1) is 15.5. The number of piperidine rings is 2. The molecule has 2 amide bonds. The summed E-state index contributed by atoms with van der Waals surface area (Å²) in [5.41, 5.74) is 9.11. The van der Waals surface area contributed by atoms with Crippen LogP contribution >= 0.6 is 0 Å². The van der Waals surface area contributed by atoms with Gasteiger partial charge in [-0.2, -0.15) is 5.10 Å². The van der Waals surface area contributed by atoms with Crippen molar-refractivity contribution in [2.75, 3.05) is 19.6 Å². The van der Waals surface area contributed by atoms with Gasteiger partial charge in [-0.15, -0.1) is 0 Å². The van der Waals surface area contributed by atoms with Crippen LogP contribution < -0.4 is 11.1 Å². The number of carbonyl (C=O) groups is 2. The zero-order valence-corrected chi connectivity index (χ0v) is 19.1. The van der Waals surface area contributed by atoms with Crippen molar-refractivity contribution in [1.82, 2.24) is 20.0 Å². The third-order valence-electron chi connectivity index (χ3n) is 8.14. The summed E-state index contributed by atoms with van der Waals surface area (Å²) in [4.78, 5) is 26.6. The van der Waals surface area contributed by atoms with Crippen molar-refractivity contribution in [3.63, 3.8) is 0 Å². The first-order valence-corrected chi connectivity index (χ1v) is 12.3. The quantitative estimate of drug-likeness (QED) is 0.718. The van der Waals surface area contributed by atoms with Gasteiger partial charge < -0.3 is 10.6 Å². The van der Waals surface area contributed by atoms with Gasteiger partial charge in [-0.3, -0.25) is 19.6 Å². The Labute approximate surface area is 189 Å². The van der Waals surface area contributed by atoms with Gasteiger partial charge in [-0.05, 0) is 88.0 Å². The second-order valence-corrected chi connectivity index (χ2v) is 10.0. The van der Waals surface area contributed by atoms with Crippen LogP contribution in [0.4, 0.5) is 0 Å². The fourth-order valence-corrected chi connectivity index (χ4v) is 6.11. The smallest absolute Gasteiger partial charge is 0.235 e. The Morgan fingerprint density at radius 3 is 2.50 bits per heavy atom. The lowest BCUT2D eigenvalue weighted by molar-refractivity contribution is -0.134. The number of hydrogen-bond donors (Lipinski definition) is 2. The van der Waals surface area contributed by atoms with Crippen LogP contribution in [0.2, 0.25) is 0 Å². The maximum atomic E-state index is 12.4. The molecule has 1 atom stereocenters. The highest BCUT2D eigenvalue weighted by Crippen LogP contribution is 2.36. The lowest BCUT2D eigenvalue weighted by Crippen LogP contribution is -2.43. The molecule has 0 spiro atoms. The van der Waals surface area contributed by atoms with E-state index in [-0.39, 0.29) is 17.7 Å². The normalized spacial score (nSPS) is 28.2. The summed E-state index contributed by atoms with van der Waals surface area (Å²) in [6.45, 7) is 3.19. The third-order valence-corrected chi connectivity index (χ3v) is 8.14. The Balaban J connectivity index is 1.27. The van der Waals surface area contributed by atoms with E-state index < -0.39 is 0 Å². The van der Waals surface area contributed by atoms with Crippen LogP contribution in [-0.2, 0) is 16.6 Å². The highest BCUT2D eigenvalue weighted by molar-refractivity contribution is 6.02. The van der Waals surface area contributed by atoms with Crippen LogP contribution in [-0.4, -0.2) is 52.2 Å². The highest BCUT2D eigenvalue weighted by atomic mass is 16.2. The van der Waals surface area contributed by atoms with Gasteiger partial charge in [0.25, 0.3) is 0 Å². The van der Waals surface area contributed by atoms with E-state index >= 15 is 0 Å². The van der Waals surface area contributed by atoms with Crippen molar-refractivity contribution in [3.8, 4) is 0 Å². The maximum absolute atomic E-state index is 12.4. The molecule has 1 unspecified atom stereocenters. The molecule has 32 heavy (non-hydrogen) atoms. The summed E-state index contributed by atoms with van der Waals surface area (Å²) in [5, 5.41) is 8.18. The molecule has 3 N–H and O–H groups in total. The fraction of sp³-hybridized carbons (Fsp3) is 0.640. The molecule has 0 bridgehead atoms. The molecule has 1 aromatic carbocycles. The van der Waals surface area contributed by atoms with Gasteiger partial charge in [-0.25, -0.2) is 0 Å². The number of carbonyl (C=O) groups excluding carboxylic acids is 2. The molecule has 2 aliphatic heterocycles. The van der Waals surface area contributed by atoms with Crippen LogP contribution in [0.25, 0.3) is 10.9 Å². The first-order valence-electron chi connectivity index (χ1n) is 12.3. The Bertz CT molecular complexity index is 999. The van der Waals surface area contributed by atoms with Gasteiger partial charge in [0.2, 0.25) is 11.8 Å². The molecule has 3 heterocycles. The Kier molecular flexibility index (Phi) is 6.03. The van der Waals surface area contributed by atoms with E-state index in [0.717, 1.165) is 35.1 Å². The van der Waals surface area contributed by atoms with Gasteiger partial charge in [0, 0.05) is 24.9 Å². The molecule has 7 heteroatoms. The zero-order chi connectivity index (χ0) is 22.2. The third kappa shape index (κ3) is 4.08. The number of aromatic nitrogens is 2. The number of imide groups is 1. The van der Waals surface area contributed by atoms with Crippen molar-refractivity contribution in [2.24, 2.45) is 18.7 Å². The summed E-state index contributed by atoms with van der Waals surface area (Å²) in [6, 6.07) is 7.38. The van der Waals surface area contributed by atoms with Gasteiger partial charge in [0.1, 0.15) is 0 Å². The highest BCUT2D eigenvalue weighted by Gasteiger charge is 2.32. The lowest BCUT2D eigenvalue weighted by Gasteiger charge is -2.40. The molecule has 1 aliphatic carbocycles. The fourth-order valence-electron chi connectivity index (χ4n) is 6.11. The van der Waals surface area contributed by atoms with Gasteiger partial charge in [0.15, 0.2) is 0 Å². The van der Waals surface area contributed by atoms with E-state index in [4.69, 9.17) is 5.73 Å². The molecule has 1 aromatic heterocycles. The van der Waals surface area contributed by atoms with Crippen LogP contribution in [0.3, 0.4) is 0 Å². The van der Waals surface area contributed by atoms with Crippen LogP contribution in [0, 0.1) is 5.92 Å². The monoisotopic (exact) mass is 437 g/mol. The largest absolute Gasteiger partial charge is 0.330 e. The molecule has 5 rings (SSSR count). The molecule has 3 aliphatic rings. The molecule has 1 saturated carbocycles. The Morgan fingerprint density at radius 1 is 1.06 bits per heavy atom. The van der Waals surface area contributed by atoms with E-state index in [1.54, 1.807) is 0 Å². The molecular weight excluding hydrogens is 402 g/mol. The Morgan fingerprint density at radius 2 is 1.81 bits per heavy atom. The number of rotatable bonds is 4.